The van der Waals surface area contributed by atoms with Crippen molar-refractivity contribution in [3.63, 3.8) is 0 Å². The molecule has 16 heavy (non-hydrogen) atoms. The topological polar surface area (TPSA) is 78.9 Å². The molecule has 94 valence electrons. The highest BCUT2D eigenvalue weighted by Crippen LogP contribution is 2.25. The number of ketones is 1. The Balaban J connectivity index is 5.23. The van der Waals surface area contributed by atoms with Gasteiger partial charge in [0.1, 0.15) is 0 Å². The van der Waals surface area contributed by atoms with Crippen LogP contribution in [0.25, 0.3) is 0 Å². The van der Waals surface area contributed by atoms with Crippen molar-refractivity contribution < 1.29 is 19.5 Å². The maximum absolute atomic E-state index is 12.2. The van der Waals surface area contributed by atoms with Crippen molar-refractivity contribution in [3.8, 4) is 0 Å². The summed E-state index contributed by atoms with van der Waals surface area (Å²) in [5, 5.41) is 12.1. The Morgan fingerprint density at radius 1 is 1.25 bits per heavy atom. The van der Waals surface area contributed by atoms with E-state index in [1.54, 1.807) is 20.8 Å². The number of hydroxylamine groups is 2. The Labute approximate surface area is 95.5 Å². The first-order valence-electron chi connectivity index (χ1n) is 4.89. The zero-order valence-electron chi connectivity index (χ0n) is 10.6. The van der Waals surface area contributed by atoms with Gasteiger partial charge in [0, 0.05) is 12.5 Å². The fourth-order valence-corrected chi connectivity index (χ4v) is 1.40. The third-order valence-corrected chi connectivity index (χ3v) is 2.38. The molecule has 0 fully saturated rings. The molecule has 0 radical (unpaired) electrons. The van der Waals surface area contributed by atoms with Crippen LogP contribution in [0.5, 0.6) is 0 Å². The molecule has 1 atom stereocenters. The van der Waals surface area contributed by atoms with Crippen LogP contribution in [0.2, 0.25) is 0 Å². The number of nitrogens with zero attached hydrogens (tertiary/aromatic N) is 1. The number of carbonyl (C=O) groups is 2. The first-order chi connectivity index (χ1) is 7.05. The van der Waals surface area contributed by atoms with Gasteiger partial charge in [-0.1, -0.05) is 20.8 Å². The number of amides is 1. The van der Waals surface area contributed by atoms with Gasteiger partial charge in [0.2, 0.25) is 0 Å². The van der Waals surface area contributed by atoms with Crippen LogP contribution in [-0.2, 0) is 9.63 Å². The second-order valence-electron chi connectivity index (χ2n) is 4.76. The quantitative estimate of drug-likeness (QED) is 0.560. The van der Waals surface area contributed by atoms with Crippen molar-refractivity contribution in [1.29, 1.82) is 0 Å². The summed E-state index contributed by atoms with van der Waals surface area (Å²) >= 11 is 0. The lowest BCUT2D eigenvalue weighted by molar-refractivity contribution is -0.196. The highest BCUT2D eigenvalue weighted by Gasteiger charge is 2.45. The van der Waals surface area contributed by atoms with Crippen molar-refractivity contribution in [2.45, 2.75) is 33.4 Å². The molecule has 6 heteroatoms. The summed E-state index contributed by atoms with van der Waals surface area (Å²) < 4.78 is 0. The molecule has 1 unspecified atom stereocenters. The van der Waals surface area contributed by atoms with E-state index in [2.05, 4.69) is 5.32 Å². The van der Waals surface area contributed by atoms with Crippen molar-refractivity contribution in [2.75, 3.05) is 14.2 Å². The molecule has 0 bridgehead atoms. The Kier molecular flexibility index (Phi) is 4.45. The second kappa shape index (κ2) is 4.80. The molecule has 6 nitrogen and oxygen atoms in total. The van der Waals surface area contributed by atoms with Crippen molar-refractivity contribution in [1.82, 2.24) is 10.4 Å². The molecule has 0 saturated carbocycles. The van der Waals surface area contributed by atoms with Gasteiger partial charge in [-0.3, -0.25) is 14.9 Å². The van der Waals surface area contributed by atoms with Crippen LogP contribution in [0.1, 0.15) is 27.7 Å². The van der Waals surface area contributed by atoms with E-state index in [1.807, 2.05) is 0 Å². The zero-order chi connectivity index (χ0) is 13.1. The molecule has 0 spiro atoms. The predicted octanol–water partition coefficient (Wildman–Crippen LogP) is 1.08. The molecular formula is C10H20N2O4. The first-order valence-corrected chi connectivity index (χ1v) is 4.89. The summed E-state index contributed by atoms with van der Waals surface area (Å²) in [4.78, 5) is 27.8. The average Bonchev–Trinajstić information content (AvgIpc) is 2.12. The van der Waals surface area contributed by atoms with E-state index in [0.717, 1.165) is 0 Å². The average molecular weight is 232 g/mol. The van der Waals surface area contributed by atoms with Crippen molar-refractivity contribution in [3.05, 3.63) is 0 Å². The number of likely N-dealkylation sites (N-methyl/N-ethyl adjacent to an activating group) is 1. The van der Waals surface area contributed by atoms with Gasteiger partial charge in [-0.05, 0) is 6.92 Å². The Morgan fingerprint density at radius 2 is 1.69 bits per heavy atom. The molecule has 0 saturated heterocycles. The van der Waals surface area contributed by atoms with E-state index in [9.17, 15) is 9.59 Å². The molecule has 2 N–H and O–H groups in total. The van der Waals surface area contributed by atoms with E-state index in [-0.39, 0.29) is 5.78 Å². The maximum Gasteiger partial charge on any atom is 0.406 e. The Hall–Kier alpha value is -1.14. The van der Waals surface area contributed by atoms with Gasteiger partial charge < -0.3 is 5.11 Å². The van der Waals surface area contributed by atoms with Crippen LogP contribution >= 0.6 is 0 Å². The van der Waals surface area contributed by atoms with E-state index >= 15 is 0 Å². The summed E-state index contributed by atoms with van der Waals surface area (Å²) in [6.45, 7) is 6.64. The Morgan fingerprint density at radius 3 is 1.94 bits per heavy atom. The van der Waals surface area contributed by atoms with Gasteiger partial charge >= 0.3 is 6.09 Å². The van der Waals surface area contributed by atoms with Gasteiger partial charge in [-0.25, -0.2) is 4.79 Å². The van der Waals surface area contributed by atoms with E-state index in [0.29, 0.717) is 0 Å². The van der Waals surface area contributed by atoms with Crippen molar-refractivity contribution in [2.24, 2.45) is 5.41 Å². The van der Waals surface area contributed by atoms with Crippen LogP contribution in [0, 0.1) is 5.41 Å². The third kappa shape index (κ3) is 3.18. The fourth-order valence-electron chi connectivity index (χ4n) is 1.40. The number of hydrogen-bond acceptors (Lipinski definition) is 4. The molecular weight excluding hydrogens is 212 g/mol. The minimum absolute atomic E-state index is 0.272. The van der Waals surface area contributed by atoms with Gasteiger partial charge in [-0.2, -0.15) is 5.06 Å². The lowest BCUT2D eigenvalue weighted by Crippen LogP contribution is -2.64. The van der Waals surface area contributed by atoms with Crippen LogP contribution < -0.4 is 5.32 Å². The summed E-state index contributed by atoms with van der Waals surface area (Å²) in [7, 11) is 2.87. The SMILES string of the molecule is CON(C)C(C)(NC(=O)O)C(=O)C(C)(C)C. The smallest absolute Gasteiger partial charge is 0.406 e. The zero-order valence-corrected chi connectivity index (χ0v) is 10.6. The molecule has 0 aliphatic carbocycles. The Bertz CT molecular complexity index is 285. The highest BCUT2D eigenvalue weighted by molar-refractivity contribution is 5.94. The largest absolute Gasteiger partial charge is 0.465 e. The van der Waals surface area contributed by atoms with Crippen LogP contribution in [0.15, 0.2) is 0 Å². The molecule has 0 heterocycles. The van der Waals surface area contributed by atoms with E-state index in [1.165, 1.54) is 26.1 Å². The molecule has 0 aliphatic heterocycles. The lowest BCUT2D eigenvalue weighted by Gasteiger charge is -2.39. The van der Waals surface area contributed by atoms with Gasteiger partial charge in [0.15, 0.2) is 11.4 Å². The summed E-state index contributed by atoms with van der Waals surface area (Å²) in [6.07, 6.45) is -1.27. The molecule has 1 amide bonds. The molecule has 0 aromatic rings. The van der Waals surface area contributed by atoms with Gasteiger partial charge in [-0.15, -0.1) is 0 Å². The minimum Gasteiger partial charge on any atom is -0.465 e. The maximum atomic E-state index is 12.2. The van der Waals surface area contributed by atoms with Crippen LogP contribution in [0.4, 0.5) is 4.79 Å². The fraction of sp³-hybridized carbons (Fsp3) is 0.800. The monoisotopic (exact) mass is 232 g/mol. The van der Waals surface area contributed by atoms with E-state index in [4.69, 9.17) is 9.94 Å². The van der Waals surface area contributed by atoms with Crippen LogP contribution in [0.3, 0.4) is 0 Å². The number of rotatable bonds is 4. The van der Waals surface area contributed by atoms with Gasteiger partial charge in [0.05, 0.1) is 7.11 Å². The molecule has 0 aromatic carbocycles. The predicted molar refractivity (Wildman–Crippen MR) is 58.8 cm³/mol. The second-order valence-corrected chi connectivity index (χ2v) is 4.76. The van der Waals surface area contributed by atoms with Crippen molar-refractivity contribution >= 4 is 11.9 Å². The molecule has 0 aromatic heterocycles. The third-order valence-electron chi connectivity index (χ3n) is 2.38. The number of carboxylic acid groups (broad SMARTS) is 1. The first kappa shape index (κ1) is 14.9. The lowest BCUT2D eigenvalue weighted by atomic mass is 9.83. The highest BCUT2D eigenvalue weighted by atomic mass is 16.7. The molecule has 0 aliphatic rings. The van der Waals surface area contributed by atoms with E-state index < -0.39 is 17.2 Å². The number of hydrogen-bond donors (Lipinski definition) is 2. The summed E-state index contributed by atoms with van der Waals surface area (Å²) in [6, 6.07) is 0. The van der Waals surface area contributed by atoms with Crippen LogP contribution in [-0.4, -0.2) is 41.9 Å². The number of Topliss-reactive ketones (excluding diaryl/α,β-unsaturated/α-hetero) is 1. The minimum atomic E-state index is -1.40. The molecule has 0 rings (SSSR count). The number of carbonyl (C=O) groups excluding carboxylic acids is 1. The summed E-state index contributed by atoms with van der Waals surface area (Å²) in [5.74, 6) is -0.272. The van der Waals surface area contributed by atoms with Gasteiger partial charge in [0.25, 0.3) is 0 Å². The normalized spacial score (nSPS) is 15.7. The summed E-state index contributed by atoms with van der Waals surface area (Å²) in [5.41, 5.74) is -2.08. The number of nitrogens with one attached hydrogen (secondary N) is 1. The standard InChI is InChI=1S/C10H20N2O4/c1-9(2,3)7(13)10(4,11-8(14)15)12(5)16-6/h11H,1-6H3,(H,14,15).